The van der Waals surface area contributed by atoms with Gasteiger partial charge in [-0.05, 0) is 43.3 Å². The van der Waals surface area contributed by atoms with Gasteiger partial charge in [0.15, 0.2) is 5.82 Å². The lowest BCUT2D eigenvalue weighted by Crippen LogP contribution is -2.18. The Hall–Kier alpha value is -2.65. The van der Waals surface area contributed by atoms with Crippen LogP contribution in [0.2, 0.25) is 5.02 Å². The van der Waals surface area contributed by atoms with Crippen LogP contribution in [-0.4, -0.2) is 26.6 Å². The summed E-state index contributed by atoms with van der Waals surface area (Å²) in [6.45, 7) is 1.79. The average Bonchev–Trinajstić information content (AvgIpc) is 2.67. The Morgan fingerprint density at radius 2 is 2.00 bits per heavy atom. The van der Waals surface area contributed by atoms with Crippen molar-refractivity contribution in [2.24, 2.45) is 0 Å². The molecule has 0 unspecified atom stereocenters. The van der Waals surface area contributed by atoms with Gasteiger partial charge >= 0.3 is 6.18 Å². The number of alkyl halides is 3. The molecule has 2 aromatic heterocycles. The third-order valence-corrected chi connectivity index (χ3v) is 4.81. The van der Waals surface area contributed by atoms with Crippen LogP contribution in [0.5, 0.6) is 0 Å². The van der Waals surface area contributed by atoms with Crippen LogP contribution in [0.15, 0.2) is 53.8 Å². The fourth-order valence-electron chi connectivity index (χ4n) is 2.42. The minimum absolute atomic E-state index is 0.0657. The average molecular weight is 439 g/mol. The van der Waals surface area contributed by atoms with Gasteiger partial charge in [0, 0.05) is 28.7 Å². The molecule has 2 heterocycles. The number of aromatic nitrogens is 3. The van der Waals surface area contributed by atoms with Crippen molar-refractivity contribution in [2.45, 2.75) is 18.1 Å². The molecule has 1 amide bonds. The molecule has 0 radical (unpaired) electrons. The molecule has 0 aliphatic heterocycles. The molecule has 0 atom stereocenters. The van der Waals surface area contributed by atoms with E-state index in [4.69, 9.17) is 11.6 Å². The number of nitrogens with one attached hydrogen (secondary N) is 1. The summed E-state index contributed by atoms with van der Waals surface area (Å²) in [5.41, 5.74) is 0.0693. The van der Waals surface area contributed by atoms with Crippen molar-refractivity contribution in [2.75, 3.05) is 11.1 Å². The third kappa shape index (κ3) is 5.68. The number of amides is 1. The second-order valence-corrected chi connectivity index (χ2v) is 7.37. The molecule has 5 nitrogen and oxygen atoms in total. The van der Waals surface area contributed by atoms with Gasteiger partial charge in [-0.25, -0.2) is 9.97 Å². The second kappa shape index (κ2) is 8.79. The summed E-state index contributed by atoms with van der Waals surface area (Å²) in [4.78, 5) is 25.0. The minimum Gasteiger partial charge on any atom is -0.325 e. The Bertz CT molecular complexity index is 1030. The summed E-state index contributed by atoms with van der Waals surface area (Å²) in [5.74, 6) is -0.261. The Kier molecular flexibility index (Phi) is 6.39. The highest BCUT2D eigenvalue weighted by Crippen LogP contribution is 2.36. The summed E-state index contributed by atoms with van der Waals surface area (Å²) < 4.78 is 39.4. The predicted molar refractivity (Wildman–Crippen MR) is 106 cm³/mol. The molecule has 0 spiro atoms. The summed E-state index contributed by atoms with van der Waals surface area (Å²) in [6.07, 6.45) is -1.39. The summed E-state index contributed by atoms with van der Waals surface area (Å²) >= 11 is 6.74. The van der Waals surface area contributed by atoms with Gasteiger partial charge in [0.1, 0.15) is 5.03 Å². The standard InChI is InChI=1S/C19H14ClF3N4OS/c1-11-7-17(27-18(25-11)12-3-2-6-24-9-12)29-10-16(28)26-15-5-4-13(20)8-14(15)19(21,22)23/h2-9H,10H2,1H3,(H,26,28). The lowest BCUT2D eigenvalue weighted by Gasteiger charge is -2.14. The van der Waals surface area contributed by atoms with Gasteiger partial charge in [0.25, 0.3) is 0 Å². The monoisotopic (exact) mass is 438 g/mol. The smallest absolute Gasteiger partial charge is 0.325 e. The maximum Gasteiger partial charge on any atom is 0.418 e. The zero-order chi connectivity index (χ0) is 21.0. The van der Waals surface area contributed by atoms with E-state index in [1.165, 1.54) is 6.07 Å². The van der Waals surface area contributed by atoms with Crippen molar-refractivity contribution in [3.05, 3.63) is 65.1 Å². The van der Waals surface area contributed by atoms with E-state index in [1.807, 2.05) is 6.07 Å². The van der Waals surface area contributed by atoms with Gasteiger partial charge < -0.3 is 5.32 Å². The van der Waals surface area contributed by atoms with Crippen molar-refractivity contribution >= 4 is 35.0 Å². The number of anilines is 1. The number of carbonyl (C=O) groups is 1. The number of rotatable bonds is 5. The maximum absolute atomic E-state index is 13.1. The first-order chi connectivity index (χ1) is 13.7. The minimum atomic E-state index is -4.64. The highest BCUT2D eigenvalue weighted by molar-refractivity contribution is 7.99. The van der Waals surface area contributed by atoms with E-state index in [0.717, 1.165) is 29.5 Å². The highest BCUT2D eigenvalue weighted by atomic mass is 35.5. The van der Waals surface area contributed by atoms with Crippen LogP contribution < -0.4 is 5.32 Å². The zero-order valence-corrected chi connectivity index (χ0v) is 16.6. The molecular formula is C19H14ClF3N4OS. The molecule has 0 aliphatic carbocycles. The Labute approximate surface area is 173 Å². The van der Waals surface area contributed by atoms with Gasteiger partial charge in [-0.15, -0.1) is 0 Å². The topological polar surface area (TPSA) is 67.8 Å². The molecular weight excluding hydrogens is 425 g/mol. The fraction of sp³-hybridized carbons (Fsp3) is 0.158. The molecule has 10 heteroatoms. The van der Waals surface area contributed by atoms with E-state index in [-0.39, 0.29) is 16.5 Å². The molecule has 0 saturated carbocycles. The number of thioether (sulfide) groups is 1. The van der Waals surface area contributed by atoms with E-state index in [2.05, 4.69) is 20.3 Å². The molecule has 0 bridgehead atoms. The molecule has 0 saturated heterocycles. The molecule has 3 rings (SSSR count). The van der Waals surface area contributed by atoms with Crippen LogP contribution >= 0.6 is 23.4 Å². The van der Waals surface area contributed by atoms with E-state index < -0.39 is 17.6 Å². The normalized spacial score (nSPS) is 11.3. The molecule has 1 aromatic carbocycles. The Morgan fingerprint density at radius 3 is 2.69 bits per heavy atom. The van der Waals surface area contributed by atoms with Gasteiger partial charge in [0.05, 0.1) is 17.0 Å². The van der Waals surface area contributed by atoms with Crippen molar-refractivity contribution < 1.29 is 18.0 Å². The first-order valence-corrected chi connectivity index (χ1v) is 9.64. The first-order valence-electron chi connectivity index (χ1n) is 8.28. The van der Waals surface area contributed by atoms with E-state index in [0.29, 0.717) is 16.5 Å². The fourth-order valence-corrected chi connectivity index (χ4v) is 3.35. The number of benzene rings is 1. The maximum atomic E-state index is 13.1. The zero-order valence-electron chi connectivity index (χ0n) is 15.0. The van der Waals surface area contributed by atoms with Crippen LogP contribution in [0, 0.1) is 6.92 Å². The number of pyridine rings is 1. The van der Waals surface area contributed by atoms with Gasteiger partial charge in [-0.3, -0.25) is 9.78 Å². The number of nitrogens with zero attached hydrogens (tertiary/aromatic N) is 3. The summed E-state index contributed by atoms with van der Waals surface area (Å²) in [7, 11) is 0. The molecule has 3 aromatic rings. The second-order valence-electron chi connectivity index (χ2n) is 5.94. The number of aryl methyl sites for hydroxylation is 1. The largest absolute Gasteiger partial charge is 0.418 e. The quantitative estimate of drug-likeness (QED) is 0.435. The molecule has 29 heavy (non-hydrogen) atoms. The predicted octanol–water partition coefficient (Wildman–Crippen LogP) is 5.25. The van der Waals surface area contributed by atoms with E-state index in [1.54, 1.807) is 31.5 Å². The van der Waals surface area contributed by atoms with Crippen LogP contribution in [0.3, 0.4) is 0 Å². The van der Waals surface area contributed by atoms with Crippen molar-refractivity contribution in [1.29, 1.82) is 0 Å². The lowest BCUT2D eigenvalue weighted by molar-refractivity contribution is -0.137. The first kappa shape index (κ1) is 21.1. The van der Waals surface area contributed by atoms with Crippen molar-refractivity contribution in [1.82, 2.24) is 15.0 Å². The number of hydrogen-bond acceptors (Lipinski definition) is 5. The van der Waals surface area contributed by atoms with Gasteiger partial charge in [0.2, 0.25) is 5.91 Å². The Balaban J connectivity index is 1.72. The summed E-state index contributed by atoms with van der Waals surface area (Å²) in [5, 5.41) is 2.74. The molecule has 0 aliphatic rings. The Morgan fingerprint density at radius 1 is 1.21 bits per heavy atom. The van der Waals surface area contributed by atoms with E-state index >= 15 is 0 Å². The SMILES string of the molecule is Cc1cc(SCC(=O)Nc2ccc(Cl)cc2C(F)(F)F)nc(-c2cccnc2)n1. The number of carbonyl (C=O) groups excluding carboxylic acids is 1. The summed E-state index contributed by atoms with van der Waals surface area (Å²) in [6, 6.07) is 8.45. The van der Waals surface area contributed by atoms with Gasteiger partial charge in [-0.2, -0.15) is 13.2 Å². The molecule has 150 valence electrons. The van der Waals surface area contributed by atoms with Crippen LogP contribution in [0.1, 0.15) is 11.3 Å². The number of hydrogen-bond donors (Lipinski definition) is 1. The van der Waals surface area contributed by atoms with Crippen LogP contribution in [-0.2, 0) is 11.0 Å². The van der Waals surface area contributed by atoms with Crippen LogP contribution in [0.4, 0.5) is 18.9 Å². The van der Waals surface area contributed by atoms with E-state index in [9.17, 15) is 18.0 Å². The van der Waals surface area contributed by atoms with Crippen molar-refractivity contribution in [3.8, 4) is 11.4 Å². The van der Waals surface area contributed by atoms with Crippen molar-refractivity contribution in [3.63, 3.8) is 0 Å². The molecule has 0 fully saturated rings. The third-order valence-electron chi connectivity index (χ3n) is 3.66. The van der Waals surface area contributed by atoms with Gasteiger partial charge in [-0.1, -0.05) is 23.4 Å². The number of halogens is 4. The molecule has 1 N–H and O–H groups in total. The lowest BCUT2D eigenvalue weighted by atomic mass is 10.1. The highest BCUT2D eigenvalue weighted by Gasteiger charge is 2.34. The van der Waals surface area contributed by atoms with Crippen LogP contribution in [0.25, 0.3) is 11.4 Å².